The molecule has 14 heavy (non-hydrogen) atoms. The molecule has 0 bridgehead atoms. The second-order valence-corrected chi connectivity index (χ2v) is 3.03. The summed E-state index contributed by atoms with van der Waals surface area (Å²) >= 11 is 0. The van der Waals surface area contributed by atoms with Crippen molar-refractivity contribution in [1.29, 1.82) is 0 Å². The van der Waals surface area contributed by atoms with Crippen molar-refractivity contribution in [3.8, 4) is 0 Å². The van der Waals surface area contributed by atoms with Crippen LogP contribution >= 0.6 is 0 Å². The Kier molecular flexibility index (Phi) is 6.92. The van der Waals surface area contributed by atoms with Crippen molar-refractivity contribution >= 4 is 0 Å². The van der Waals surface area contributed by atoms with E-state index >= 15 is 0 Å². The van der Waals surface area contributed by atoms with Gasteiger partial charge in [0.05, 0.1) is 6.54 Å². The van der Waals surface area contributed by atoms with Crippen LogP contribution in [0.2, 0.25) is 0 Å². The lowest BCUT2D eigenvalue weighted by atomic mass is 10.4. The third kappa shape index (κ3) is 8.31. The van der Waals surface area contributed by atoms with Crippen LogP contribution in [0.5, 0.6) is 0 Å². The molecule has 5 heteroatoms. The number of ether oxygens (including phenoxy) is 1. The summed E-state index contributed by atoms with van der Waals surface area (Å²) in [5, 5.41) is 0. The van der Waals surface area contributed by atoms with Gasteiger partial charge >= 0.3 is 6.18 Å². The van der Waals surface area contributed by atoms with Gasteiger partial charge in [-0.2, -0.15) is 13.2 Å². The Hall–Kier alpha value is -0.290. The highest BCUT2D eigenvalue weighted by Crippen LogP contribution is 2.16. The fourth-order valence-corrected chi connectivity index (χ4v) is 1.14. The molecule has 0 aliphatic heterocycles. The molecule has 0 spiro atoms. The lowest BCUT2D eigenvalue weighted by Gasteiger charge is -2.21. The quantitative estimate of drug-likeness (QED) is 0.602. The van der Waals surface area contributed by atoms with Crippen molar-refractivity contribution in [3.63, 3.8) is 0 Å². The number of halogens is 3. The summed E-state index contributed by atoms with van der Waals surface area (Å²) in [5.41, 5.74) is 0. The smallest absolute Gasteiger partial charge is 0.382 e. The molecular weight excluding hydrogens is 195 g/mol. The molecule has 0 aromatic rings. The van der Waals surface area contributed by atoms with E-state index in [0.717, 1.165) is 0 Å². The zero-order valence-electron chi connectivity index (χ0n) is 8.73. The van der Waals surface area contributed by atoms with Crippen LogP contribution in [0.25, 0.3) is 0 Å². The standard InChI is InChI=1S/C9H18F3NO/c1-3-13(8-9(10,11)12)6-5-7-14-4-2/h3-8H2,1-2H3. The number of rotatable bonds is 7. The minimum Gasteiger partial charge on any atom is -0.382 e. The molecule has 0 fully saturated rings. The molecule has 0 radical (unpaired) electrons. The van der Waals surface area contributed by atoms with E-state index in [1.807, 2.05) is 6.92 Å². The average Bonchev–Trinajstić information content (AvgIpc) is 2.08. The zero-order valence-corrected chi connectivity index (χ0v) is 8.73. The van der Waals surface area contributed by atoms with Crippen LogP contribution in [0.4, 0.5) is 13.2 Å². The minimum absolute atomic E-state index is 0.422. The highest BCUT2D eigenvalue weighted by molar-refractivity contribution is 4.61. The normalized spacial score (nSPS) is 12.4. The topological polar surface area (TPSA) is 12.5 Å². The Morgan fingerprint density at radius 2 is 1.86 bits per heavy atom. The highest BCUT2D eigenvalue weighted by atomic mass is 19.4. The monoisotopic (exact) mass is 213 g/mol. The Labute approximate surface area is 83.0 Å². The summed E-state index contributed by atoms with van der Waals surface area (Å²) in [7, 11) is 0. The first-order valence-electron chi connectivity index (χ1n) is 4.86. The lowest BCUT2D eigenvalue weighted by Crippen LogP contribution is -2.35. The second-order valence-electron chi connectivity index (χ2n) is 3.03. The first-order chi connectivity index (χ1) is 6.49. The maximum absolute atomic E-state index is 12.0. The van der Waals surface area contributed by atoms with Gasteiger partial charge in [-0.3, -0.25) is 4.90 Å². The summed E-state index contributed by atoms with van der Waals surface area (Å²) in [6.07, 6.45) is -3.45. The van der Waals surface area contributed by atoms with Crippen molar-refractivity contribution in [3.05, 3.63) is 0 Å². The Morgan fingerprint density at radius 1 is 1.21 bits per heavy atom. The molecule has 0 unspecified atom stereocenters. The van der Waals surface area contributed by atoms with Crippen LogP contribution in [0.1, 0.15) is 20.3 Å². The molecule has 86 valence electrons. The molecule has 0 heterocycles. The molecule has 0 N–H and O–H groups in total. The first kappa shape index (κ1) is 13.7. The van der Waals surface area contributed by atoms with Crippen LogP contribution in [0.3, 0.4) is 0 Å². The fourth-order valence-electron chi connectivity index (χ4n) is 1.14. The maximum Gasteiger partial charge on any atom is 0.401 e. The number of hydrogen-bond donors (Lipinski definition) is 0. The van der Waals surface area contributed by atoms with E-state index in [4.69, 9.17) is 4.74 Å². The molecule has 0 saturated carbocycles. The molecule has 0 amide bonds. The Morgan fingerprint density at radius 3 is 2.29 bits per heavy atom. The van der Waals surface area contributed by atoms with Gasteiger partial charge in [-0.1, -0.05) is 6.92 Å². The van der Waals surface area contributed by atoms with Gasteiger partial charge in [-0.15, -0.1) is 0 Å². The largest absolute Gasteiger partial charge is 0.401 e. The fraction of sp³-hybridized carbons (Fsp3) is 1.00. The molecule has 0 aliphatic carbocycles. The summed E-state index contributed by atoms with van der Waals surface area (Å²) < 4.78 is 41.0. The van der Waals surface area contributed by atoms with Crippen LogP contribution in [0, 0.1) is 0 Å². The molecular formula is C9H18F3NO. The highest BCUT2D eigenvalue weighted by Gasteiger charge is 2.29. The molecule has 0 aliphatic rings. The van der Waals surface area contributed by atoms with Crippen molar-refractivity contribution < 1.29 is 17.9 Å². The van der Waals surface area contributed by atoms with Gasteiger partial charge in [-0.25, -0.2) is 0 Å². The Bertz CT molecular complexity index is 139. The summed E-state index contributed by atoms with van der Waals surface area (Å²) in [4.78, 5) is 1.37. The molecule has 0 saturated heterocycles. The van der Waals surface area contributed by atoms with Crippen molar-refractivity contribution in [2.75, 3.05) is 32.8 Å². The van der Waals surface area contributed by atoms with Gasteiger partial charge in [0.15, 0.2) is 0 Å². The second kappa shape index (κ2) is 7.06. The van der Waals surface area contributed by atoms with Crippen LogP contribution in [-0.4, -0.2) is 43.9 Å². The van der Waals surface area contributed by atoms with Gasteiger partial charge in [0.1, 0.15) is 0 Å². The van der Waals surface area contributed by atoms with E-state index in [1.165, 1.54) is 4.90 Å². The van der Waals surface area contributed by atoms with Gasteiger partial charge in [-0.05, 0) is 19.9 Å². The van der Waals surface area contributed by atoms with Gasteiger partial charge < -0.3 is 4.74 Å². The lowest BCUT2D eigenvalue weighted by molar-refractivity contribution is -0.145. The van der Waals surface area contributed by atoms with Gasteiger partial charge in [0.2, 0.25) is 0 Å². The summed E-state index contributed by atoms with van der Waals surface area (Å²) in [6.45, 7) is 4.78. The van der Waals surface area contributed by atoms with E-state index in [-0.39, 0.29) is 0 Å². The van der Waals surface area contributed by atoms with Crippen LogP contribution < -0.4 is 0 Å². The van der Waals surface area contributed by atoms with E-state index in [1.54, 1.807) is 6.92 Å². The van der Waals surface area contributed by atoms with Gasteiger partial charge in [0.25, 0.3) is 0 Å². The molecule has 2 nitrogen and oxygen atoms in total. The average molecular weight is 213 g/mol. The van der Waals surface area contributed by atoms with Gasteiger partial charge in [0, 0.05) is 19.8 Å². The summed E-state index contributed by atoms with van der Waals surface area (Å²) in [5.74, 6) is 0. The number of alkyl halides is 3. The van der Waals surface area contributed by atoms with E-state index in [9.17, 15) is 13.2 Å². The summed E-state index contributed by atoms with van der Waals surface area (Å²) in [6, 6.07) is 0. The predicted octanol–water partition coefficient (Wildman–Crippen LogP) is 2.30. The predicted molar refractivity (Wildman–Crippen MR) is 49.3 cm³/mol. The zero-order chi connectivity index (χ0) is 11.0. The first-order valence-corrected chi connectivity index (χ1v) is 4.86. The number of nitrogens with zero attached hydrogens (tertiary/aromatic N) is 1. The molecule has 0 rings (SSSR count). The third-order valence-corrected chi connectivity index (χ3v) is 1.82. The van der Waals surface area contributed by atoms with Crippen molar-refractivity contribution in [1.82, 2.24) is 4.90 Å². The SMILES string of the molecule is CCOCCCN(CC)CC(F)(F)F. The van der Waals surface area contributed by atoms with Crippen LogP contribution in [-0.2, 0) is 4.74 Å². The third-order valence-electron chi connectivity index (χ3n) is 1.82. The maximum atomic E-state index is 12.0. The van der Waals surface area contributed by atoms with Crippen LogP contribution in [0.15, 0.2) is 0 Å². The molecule has 0 aromatic carbocycles. The van der Waals surface area contributed by atoms with E-state index < -0.39 is 12.7 Å². The van der Waals surface area contributed by atoms with E-state index in [0.29, 0.717) is 32.7 Å². The van der Waals surface area contributed by atoms with Crippen molar-refractivity contribution in [2.45, 2.75) is 26.4 Å². The van der Waals surface area contributed by atoms with E-state index in [2.05, 4.69) is 0 Å². The molecule has 0 atom stereocenters. The van der Waals surface area contributed by atoms with Crippen molar-refractivity contribution in [2.24, 2.45) is 0 Å². The Balaban J connectivity index is 3.58. The minimum atomic E-state index is -4.10. The number of hydrogen-bond acceptors (Lipinski definition) is 2. The molecule has 0 aromatic heterocycles.